The average molecular weight is 329 g/mol. The number of nitrogens with one attached hydrogen (secondary N) is 1. The highest BCUT2D eigenvalue weighted by Gasteiger charge is 2.10. The van der Waals surface area contributed by atoms with Gasteiger partial charge >= 0.3 is 6.09 Å². The van der Waals surface area contributed by atoms with Crippen LogP contribution in [0.25, 0.3) is 11.1 Å². The lowest BCUT2D eigenvalue weighted by atomic mass is 9.98. The second-order valence-corrected chi connectivity index (χ2v) is 6.09. The van der Waals surface area contributed by atoms with E-state index in [0.29, 0.717) is 23.4 Å². The summed E-state index contributed by atoms with van der Waals surface area (Å²) in [6.07, 6.45) is 1.42. The molecule has 0 saturated heterocycles. The summed E-state index contributed by atoms with van der Waals surface area (Å²) in [6.45, 7) is 6.69. The first-order valence-corrected chi connectivity index (χ1v) is 8.36. The summed E-state index contributed by atoms with van der Waals surface area (Å²) in [5, 5.41) is 2.69. The van der Waals surface area contributed by atoms with Gasteiger partial charge in [0.15, 0.2) is 0 Å². The van der Waals surface area contributed by atoms with E-state index in [9.17, 15) is 9.18 Å². The minimum absolute atomic E-state index is 0.272. The van der Waals surface area contributed by atoms with Gasteiger partial charge < -0.3 is 10.1 Å². The Morgan fingerprint density at radius 2 is 2.00 bits per heavy atom. The van der Waals surface area contributed by atoms with E-state index in [4.69, 9.17) is 4.74 Å². The zero-order valence-electron chi connectivity index (χ0n) is 14.4. The number of benzene rings is 2. The molecule has 0 atom stereocenters. The first-order valence-electron chi connectivity index (χ1n) is 8.36. The molecule has 2 aromatic carbocycles. The van der Waals surface area contributed by atoms with Crippen molar-refractivity contribution in [2.45, 2.75) is 39.5 Å². The number of halogens is 1. The third-order valence-electron chi connectivity index (χ3n) is 3.82. The molecular weight excluding hydrogens is 305 g/mol. The van der Waals surface area contributed by atoms with Crippen LogP contribution in [0.3, 0.4) is 0 Å². The maximum atomic E-state index is 14.4. The molecule has 3 nitrogen and oxygen atoms in total. The first-order chi connectivity index (χ1) is 11.5. The molecule has 4 heteroatoms. The Bertz CT molecular complexity index is 698. The van der Waals surface area contributed by atoms with Gasteiger partial charge in [-0.05, 0) is 41.7 Å². The fourth-order valence-electron chi connectivity index (χ4n) is 2.36. The van der Waals surface area contributed by atoms with Crippen molar-refractivity contribution in [3.63, 3.8) is 0 Å². The summed E-state index contributed by atoms with van der Waals surface area (Å²) < 4.78 is 19.6. The number of unbranched alkanes of at least 4 members (excludes halogenated alkanes) is 1. The molecule has 0 spiro atoms. The molecular formula is C20H24FNO2. The highest BCUT2D eigenvalue weighted by atomic mass is 19.1. The Hall–Kier alpha value is -2.36. The van der Waals surface area contributed by atoms with Gasteiger partial charge in [0.25, 0.3) is 0 Å². The largest absolute Gasteiger partial charge is 0.412 e. The van der Waals surface area contributed by atoms with Gasteiger partial charge in [-0.1, -0.05) is 51.5 Å². The molecule has 0 bridgehead atoms. The Morgan fingerprint density at radius 3 is 2.67 bits per heavy atom. The highest BCUT2D eigenvalue weighted by Crippen LogP contribution is 2.28. The predicted molar refractivity (Wildman–Crippen MR) is 94.9 cm³/mol. The first kappa shape index (κ1) is 18.0. The van der Waals surface area contributed by atoms with Gasteiger partial charge in [0.1, 0.15) is 11.6 Å². The SMILES string of the molecule is CCCCNC(=O)Oc1cccc(-c2ccc(C(C)C)cc2F)c1. The van der Waals surface area contributed by atoms with E-state index in [2.05, 4.69) is 12.2 Å². The molecule has 24 heavy (non-hydrogen) atoms. The molecule has 0 saturated carbocycles. The van der Waals surface area contributed by atoms with Crippen LogP contribution in [0.15, 0.2) is 42.5 Å². The molecule has 0 aliphatic rings. The summed E-state index contributed by atoms with van der Waals surface area (Å²) in [4.78, 5) is 11.7. The molecule has 0 unspecified atom stereocenters. The molecule has 0 aliphatic heterocycles. The zero-order chi connectivity index (χ0) is 17.5. The van der Waals surface area contributed by atoms with E-state index in [1.165, 1.54) is 0 Å². The van der Waals surface area contributed by atoms with Crippen molar-refractivity contribution < 1.29 is 13.9 Å². The maximum Gasteiger partial charge on any atom is 0.412 e. The van der Waals surface area contributed by atoms with Crippen molar-refractivity contribution in [1.29, 1.82) is 0 Å². The summed E-state index contributed by atoms with van der Waals surface area (Å²) >= 11 is 0. The molecule has 2 rings (SSSR count). The van der Waals surface area contributed by atoms with E-state index in [1.54, 1.807) is 36.4 Å². The lowest BCUT2D eigenvalue weighted by Gasteiger charge is -2.10. The quantitative estimate of drug-likeness (QED) is 0.710. The van der Waals surface area contributed by atoms with Crippen LogP contribution in [0.2, 0.25) is 0 Å². The minimum Gasteiger partial charge on any atom is -0.410 e. The van der Waals surface area contributed by atoms with Gasteiger partial charge in [0.05, 0.1) is 0 Å². The Kier molecular flexibility index (Phi) is 6.36. The number of ether oxygens (including phenoxy) is 1. The maximum absolute atomic E-state index is 14.4. The Labute approximate surface area is 142 Å². The number of carbonyl (C=O) groups is 1. The fourth-order valence-corrected chi connectivity index (χ4v) is 2.36. The summed E-state index contributed by atoms with van der Waals surface area (Å²) in [6, 6.07) is 12.2. The number of hydrogen-bond acceptors (Lipinski definition) is 2. The monoisotopic (exact) mass is 329 g/mol. The van der Waals surface area contributed by atoms with Crippen LogP contribution in [-0.4, -0.2) is 12.6 Å². The zero-order valence-corrected chi connectivity index (χ0v) is 14.4. The second kappa shape index (κ2) is 8.48. The third-order valence-corrected chi connectivity index (χ3v) is 3.82. The van der Waals surface area contributed by atoms with E-state index >= 15 is 0 Å². The van der Waals surface area contributed by atoms with Gasteiger partial charge in [-0.2, -0.15) is 0 Å². The van der Waals surface area contributed by atoms with Crippen LogP contribution in [0.5, 0.6) is 5.75 Å². The number of rotatable bonds is 6. The normalized spacial score (nSPS) is 10.7. The number of carbonyl (C=O) groups excluding carboxylic acids is 1. The van der Waals surface area contributed by atoms with E-state index in [-0.39, 0.29) is 11.7 Å². The molecule has 2 aromatic rings. The van der Waals surface area contributed by atoms with Crippen molar-refractivity contribution in [1.82, 2.24) is 5.32 Å². The minimum atomic E-state index is -0.490. The average Bonchev–Trinajstić information content (AvgIpc) is 2.55. The van der Waals surface area contributed by atoms with Crippen LogP contribution in [0.1, 0.15) is 45.1 Å². The molecule has 0 heterocycles. The van der Waals surface area contributed by atoms with E-state index in [1.807, 2.05) is 19.9 Å². The third kappa shape index (κ3) is 4.82. The lowest BCUT2D eigenvalue weighted by Crippen LogP contribution is -2.27. The molecule has 1 N–H and O–H groups in total. The predicted octanol–water partition coefficient (Wildman–Crippen LogP) is 5.50. The Balaban J connectivity index is 2.14. The standard InChI is InChI=1S/C20H24FNO2/c1-4-5-11-22-20(23)24-17-8-6-7-16(12-17)18-10-9-15(14(2)3)13-19(18)21/h6-10,12-14H,4-5,11H2,1-3H3,(H,22,23). The van der Waals surface area contributed by atoms with Crippen LogP contribution in [0, 0.1) is 5.82 Å². The molecule has 128 valence electrons. The second-order valence-electron chi connectivity index (χ2n) is 6.09. The van der Waals surface area contributed by atoms with Crippen molar-refractivity contribution >= 4 is 6.09 Å². The van der Waals surface area contributed by atoms with E-state index < -0.39 is 6.09 Å². The van der Waals surface area contributed by atoms with Crippen LogP contribution in [0.4, 0.5) is 9.18 Å². The lowest BCUT2D eigenvalue weighted by molar-refractivity contribution is 0.200. The van der Waals surface area contributed by atoms with E-state index in [0.717, 1.165) is 18.4 Å². The van der Waals surface area contributed by atoms with Gasteiger partial charge in [0.2, 0.25) is 0 Å². The van der Waals surface area contributed by atoms with Gasteiger partial charge in [-0.25, -0.2) is 9.18 Å². The van der Waals surface area contributed by atoms with Crippen molar-refractivity contribution in [2.24, 2.45) is 0 Å². The van der Waals surface area contributed by atoms with Crippen LogP contribution < -0.4 is 10.1 Å². The summed E-state index contributed by atoms with van der Waals surface area (Å²) in [7, 11) is 0. The molecule has 0 aromatic heterocycles. The van der Waals surface area contributed by atoms with Crippen LogP contribution in [-0.2, 0) is 0 Å². The number of amides is 1. The number of hydrogen-bond donors (Lipinski definition) is 1. The highest BCUT2D eigenvalue weighted by molar-refractivity contribution is 5.72. The van der Waals surface area contributed by atoms with Gasteiger partial charge in [0, 0.05) is 12.1 Å². The summed E-state index contributed by atoms with van der Waals surface area (Å²) in [5.41, 5.74) is 2.14. The van der Waals surface area contributed by atoms with Crippen molar-refractivity contribution in [3.8, 4) is 16.9 Å². The molecule has 0 fully saturated rings. The smallest absolute Gasteiger partial charge is 0.410 e. The Morgan fingerprint density at radius 1 is 1.21 bits per heavy atom. The molecule has 0 aliphatic carbocycles. The molecule has 1 amide bonds. The van der Waals surface area contributed by atoms with Crippen molar-refractivity contribution in [2.75, 3.05) is 6.54 Å². The van der Waals surface area contributed by atoms with Gasteiger partial charge in [-0.3, -0.25) is 0 Å². The summed E-state index contributed by atoms with van der Waals surface area (Å²) in [5.74, 6) is 0.398. The fraction of sp³-hybridized carbons (Fsp3) is 0.350. The topological polar surface area (TPSA) is 38.3 Å². The van der Waals surface area contributed by atoms with Gasteiger partial charge in [-0.15, -0.1) is 0 Å². The van der Waals surface area contributed by atoms with Crippen molar-refractivity contribution in [3.05, 3.63) is 53.8 Å². The van der Waals surface area contributed by atoms with Crippen LogP contribution >= 0.6 is 0 Å². The molecule has 0 radical (unpaired) electrons.